The maximum absolute atomic E-state index is 6.14. The normalized spacial score (nSPS) is 25.1. The van der Waals surface area contributed by atoms with E-state index in [1.165, 1.54) is 32.1 Å². The minimum Gasteiger partial charge on any atom is -0.378 e. The average molecular weight is 458 g/mol. The monoisotopic (exact) mass is 458 g/mol. The summed E-state index contributed by atoms with van der Waals surface area (Å²) in [5, 5.41) is 3.48. The van der Waals surface area contributed by atoms with E-state index in [0.717, 1.165) is 25.1 Å². The van der Waals surface area contributed by atoms with Crippen molar-refractivity contribution in [1.82, 2.24) is 10.3 Å². The highest BCUT2D eigenvalue weighted by molar-refractivity contribution is 14.0. The predicted octanol–water partition coefficient (Wildman–Crippen LogP) is 3.27. The molecule has 0 amide bonds. The Labute approximate surface area is 168 Å². The van der Waals surface area contributed by atoms with E-state index in [4.69, 9.17) is 10.5 Å². The van der Waals surface area contributed by atoms with Crippen molar-refractivity contribution < 1.29 is 4.74 Å². The largest absolute Gasteiger partial charge is 0.378 e. The van der Waals surface area contributed by atoms with Crippen LogP contribution in [0.3, 0.4) is 0 Å². The van der Waals surface area contributed by atoms with Gasteiger partial charge in [-0.25, -0.2) is 0 Å². The molecule has 2 saturated carbocycles. The van der Waals surface area contributed by atoms with Gasteiger partial charge in [-0.2, -0.15) is 0 Å². The molecule has 2 atom stereocenters. The number of aromatic nitrogens is 1. The van der Waals surface area contributed by atoms with Gasteiger partial charge in [-0.1, -0.05) is 25.3 Å². The maximum atomic E-state index is 6.14. The molecule has 3 N–H and O–H groups in total. The highest BCUT2D eigenvalue weighted by atomic mass is 127. The molecule has 1 spiro atoms. The van der Waals surface area contributed by atoms with Gasteiger partial charge in [0.1, 0.15) is 0 Å². The Kier molecular flexibility index (Phi) is 7.93. The van der Waals surface area contributed by atoms with Crippen molar-refractivity contribution in [2.75, 3.05) is 13.2 Å². The number of nitrogens with one attached hydrogen (secondary N) is 1. The van der Waals surface area contributed by atoms with E-state index in [9.17, 15) is 0 Å². The van der Waals surface area contributed by atoms with Crippen LogP contribution in [0.5, 0.6) is 0 Å². The molecule has 2 fully saturated rings. The number of aliphatic imine (C=N–C) groups is 1. The fourth-order valence-electron chi connectivity index (χ4n) is 4.33. The van der Waals surface area contributed by atoms with E-state index in [1.807, 2.05) is 24.4 Å². The molecule has 1 aromatic rings. The number of ether oxygens (including phenoxy) is 1. The molecule has 5 nitrogen and oxygen atoms in total. The number of guanidine groups is 1. The summed E-state index contributed by atoms with van der Waals surface area (Å²) in [6.07, 6.45) is 10.5. The van der Waals surface area contributed by atoms with Crippen LogP contribution in [-0.4, -0.2) is 36.2 Å². The molecule has 2 aliphatic carbocycles. The van der Waals surface area contributed by atoms with Gasteiger partial charge in [-0.3, -0.25) is 9.98 Å². The number of halogens is 1. The number of rotatable bonds is 6. The SMILES string of the molecule is CCOC1CC(NC(N)=NCCc2ccccn2)C12CCCCC2.I. The van der Waals surface area contributed by atoms with Crippen molar-refractivity contribution in [2.45, 2.75) is 64.0 Å². The van der Waals surface area contributed by atoms with Crippen molar-refractivity contribution in [3.8, 4) is 0 Å². The third-order valence-corrected chi connectivity index (χ3v) is 5.64. The van der Waals surface area contributed by atoms with Crippen LogP contribution >= 0.6 is 24.0 Å². The Bertz CT molecular complexity index is 546. The molecule has 0 saturated heterocycles. The van der Waals surface area contributed by atoms with Crippen LogP contribution in [0, 0.1) is 5.41 Å². The summed E-state index contributed by atoms with van der Waals surface area (Å²) in [6, 6.07) is 6.36. The summed E-state index contributed by atoms with van der Waals surface area (Å²) in [5.74, 6) is 0.566. The third-order valence-electron chi connectivity index (χ3n) is 5.64. The molecular weight excluding hydrogens is 427 g/mol. The van der Waals surface area contributed by atoms with Gasteiger partial charge in [0, 0.05) is 42.9 Å². The second-order valence-corrected chi connectivity index (χ2v) is 7.01. The Balaban J connectivity index is 0.00000225. The second-order valence-electron chi connectivity index (χ2n) is 7.01. The van der Waals surface area contributed by atoms with Gasteiger partial charge in [0.05, 0.1) is 6.10 Å². The summed E-state index contributed by atoms with van der Waals surface area (Å²) in [6.45, 7) is 3.56. The lowest BCUT2D eigenvalue weighted by molar-refractivity contribution is -0.145. The quantitative estimate of drug-likeness (QED) is 0.390. The predicted molar refractivity (Wildman–Crippen MR) is 112 cm³/mol. The standard InChI is InChI=1S/C19H30N4O.HI/c1-2-24-17-14-16(19(17)10-5-3-6-11-19)23-18(20)22-13-9-15-8-4-7-12-21-15;/h4,7-8,12,16-17H,2-3,5-6,9-11,13-14H2,1H3,(H3,20,22,23);1H. The molecule has 6 heteroatoms. The Hall–Kier alpha value is -0.890. The van der Waals surface area contributed by atoms with Gasteiger partial charge in [0.25, 0.3) is 0 Å². The minimum atomic E-state index is 0. The van der Waals surface area contributed by atoms with Crippen molar-refractivity contribution >= 4 is 29.9 Å². The molecule has 25 heavy (non-hydrogen) atoms. The molecule has 2 aliphatic rings. The Morgan fingerprint density at radius 2 is 2.16 bits per heavy atom. The molecule has 3 rings (SSSR count). The van der Waals surface area contributed by atoms with Crippen LogP contribution in [0.25, 0.3) is 0 Å². The summed E-state index contributed by atoms with van der Waals surface area (Å²) in [7, 11) is 0. The van der Waals surface area contributed by atoms with E-state index >= 15 is 0 Å². The first-order chi connectivity index (χ1) is 11.7. The first-order valence-electron chi connectivity index (χ1n) is 9.32. The van der Waals surface area contributed by atoms with E-state index in [0.29, 0.717) is 24.7 Å². The molecule has 0 radical (unpaired) electrons. The van der Waals surface area contributed by atoms with Crippen LogP contribution in [0.15, 0.2) is 29.4 Å². The van der Waals surface area contributed by atoms with Crippen molar-refractivity contribution in [1.29, 1.82) is 0 Å². The summed E-state index contributed by atoms with van der Waals surface area (Å²) in [4.78, 5) is 8.81. The van der Waals surface area contributed by atoms with E-state index in [-0.39, 0.29) is 29.4 Å². The minimum absolute atomic E-state index is 0. The number of pyridine rings is 1. The van der Waals surface area contributed by atoms with Crippen LogP contribution in [-0.2, 0) is 11.2 Å². The van der Waals surface area contributed by atoms with Crippen molar-refractivity contribution in [3.63, 3.8) is 0 Å². The zero-order valence-corrected chi connectivity index (χ0v) is 17.4. The number of nitrogens with two attached hydrogens (primary N) is 1. The summed E-state index contributed by atoms with van der Waals surface area (Å²) < 4.78 is 5.99. The highest BCUT2D eigenvalue weighted by Crippen LogP contribution is 2.53. The van der Waals surface area contributed by atoms with Crippen molar-refractivity contribution in [2.24, 2.45) is 16.1 Å². The molecule has 1 aromatic heterocycles. The van der Waals surface area contributed by atoms with Gasteiger partial charge in [0.15, 0.2) is 5.96 Å². The molecule has 140 valence electrons. The second kappa shape index (κ2) is 9.71. The third kappa shape index (κ3) is 4.84. The fraction of sp³-hybridized carbons (Fsp3) is 0.684. The first kappa shape index (κ1) is 20.4. The average Bonchev–Trinajstić information content (AvgIpc) is 2.62. The lowest BCUT2D eigenvalue weighted by Gasteiger charge is -2.57. The number of hydrogen-bond acceptors (Lipinski definition) is 3. The molecular formula is C19H31IN4O. The van der Waals surface area contributed by atoms with Crippen LogP contribution in [0.4, 0.5) is 0 Å². The molecule has 0 aromatic carbocycles. The van der Waals surface area contributed by atoms with E-state index < -0.39 is 0 Å². The van der Waals surface area contributed by atoms with E-state index in [1.54, 1.807) is 0 Å². The van der Waals surface area contributed by atoms with Gasteiger partial charge in [-0.15, -0.1) is 24.0 Å². The zero-order valence-electron chi connectivity index (χ0n) is 15.1. The summed E-state index contributed by atoms with van der Waals surface area (Å²) >= 11 is 0. The fourth-order valence-corrected chi connectivity index (χ4v) is 4.33. The first-order valence-corrected chi connectivity index (χ1v) is 9.32. The molecule has 0 bridgehead atoms. The number of nitrogens with zero attached hydrogens (tertiary/aromatic N) is 2. The lowest BCUT2D eigenvalue weighted by atomic mass is 9.55. The molecule has 0 aliphatic heterocycles. The summed E-state index contributed by atoms with van der Waals surface area (Å²) in [5.41, 5.74) is 7.46. The lowest BCUT2D eigenvalue weighted by Crippen LogP contribution is -2.66. The zero-order chi connectivity index (χ0) is 16.8. The molecule has 1 heterocycles. The van der Waals surface area contributed by atoms with Crippen LogP contribution in [0.2, 0.25) is 0 Å². The Morgan fingerprint density at radius 1 is 1.36 bits per heavy atom. The van der Waals surface area contributed by atoms with Crippen molar-refractivity contribution in [3.05, 3.63) is 30.1 Å². The highest BCUT2D eigenvalue weighted by Gasteiger charge is 2.55. The number of hydrogen-bond donors (Lipinski definition) is 2. The van der Waals surface area contributed by atoms with E-state index in [2.05, 4.69) is 22.2 Å². The maximum Gasteiger partial charge on any atom is 0.188 e. The van der Waals surface area contributed by atoms with Crippen LogP contribution < -0.4 is 11.1 Å². The van der Waals surface area contributed by atoms with Gasteiger partial charge in [-0.05, 0) is 38.3 Å². The topological polar surface area (TPSA) is 72.5 Å². The van der Waals surface area contributed by atoms with Gasteiger partial charge >= 0.3 is 0 Å². The van der Waals surface area contributed by atoms with Gasteiger partial charge < -0.3 is 15.8 Å². The van der Waals surface area contributed by atoms with Crippen LogP contribution in [0.1, 0.15) is 51.1 Å². The smallest absolute Gasteiger partial charge is 0.188 e. The van der Waals surface area contributed by atoms with Gasteiger partial charge in [0.2, 0.25) is 0 Å². The molecule has 2 unspecified atom stereocenters. The Morgan fingerprint density at radius 3 is 2.84 bits per heavy atom.